The molecule has 0 aliphatic rings. The summed E-state index contributed by atoms with van der Waals surface area (Å²) in [7, 11) is -3.62. The molecule has 0 heterocycles. The Morgan fingerprint density at radius 2 is 2.06 bits per heavy atom. The molecule has 6 heteroatoms. The van der Waals surface area contributed by atoms with Gasteiger partial charge in [0, 0.05) is 6.54 Å². The lowest BCUT2D eigenvalue weighted by Gasteiger charge is -2.08. The Morgan fingerprint density at radius 3 is 2.61 bits per heavy atom. The Balaban J connectivity index is 3.02. The molecule has 0 aliphatic carbocycles. The van der Waals surface area contributed by atoms with E-state index in [4.69, 9.17) is 5.11 Å². The molecule has 0 aromatic heterocycles. The molecule has 0 radical (unpaired) electrons. The third-order valence-electron chi connectivity index (χ3n) is 2.57. The van der Waals surface area contributed by atoms with E-state index < -0.39 is 16.0 Å². The van der Waals surface area contributed by atoms with Crippen LogP contribution in [0.15, 0.2) is 23.1 Å². The number of benzene rings is 1. The highest BCUT2D eigenvalue weighted by Gasteiger charge is 2.16. The minimum atomic E-state index is -3.62. The number of rotatable bonds is 6. The first-order valence-electron chi connectivity index (χ1n) is 5.72. The zero-order valence-electron chi connectivity index (χ0n) is 10.4. The number of unbranched alkanes of at least 4 members (excludes halogenated alkanes) is 1. The smallest absolute Gasteiger partial charge is 0.335 e. The summed E-state index contributed by atoms with van der Waals surface area (Å²) >= 11 is 0. The first kappa shape index (κ1) is 14.7. The van der Waals surface area contributed by atoms with Crippen LogP contribution in [0.25, 0.3) is 0 Å². The number of aromatic carboxylic acids is 1. The molecule has 18 heavy (non-hydrogen) atoms. The molecule has 0 spiro atoms. The van der Waals surface area contributed by atoms with E-state index in [1.54, 1.807) is 6.92 Å². The van der Waals surface area contributed by atoms with E-state index in [1.807, 2.05) is 6.92 Å². The number of hydrogen-bond donors (Lipinski definition) is 2. The lowest BCUT2D eigenvalue weighted by molar-refractivity contribution is 0.0696. The fourth-order valence-electron chi connectivity index (χ4n) is 1.47. The molecular formula is C12H17NO4S. The fourth-order valence-corrected chi connectivity index (χ4v) is 2.57. The van der Waals surface area contributed by atoms with E-state index in [-0.39, 0.29) is 10.5 Å². The second kappa shape index (κ2) is 5.97. The number of sulfonamides is 1. The van der Waals surface area contributed by atoms with Gasteiger partial charge in [0.1, 0.15) is 0 Å². The van der Waals surface area contributed by atoms with Crippen LogP contribution < -0.4 is 4.72 Å². The first-order valence-corrected chi connectivity index (χ1v) is 7.20. The highest BCUT2D eigenvalue weighted by Crippen LogP contribution is 2.15. The average molecular weight is 271 g/mol. The summed E-state index contributed by atoms with van der Waals surface area (Å²) in [6, 6.07) is 4.10. The maximum absolute atomic E-state index is 11.9. The Morgan fingerprint density at radius 1 is 1.39 bits per heavy atom. The third kappa shape index (κ3) is 3.54. The van der Waals surface area contributed by atoms with Crippen LogP contribution in [-0.4, -0.2) is 26.0 Å². The van der Waals surface area contributed by atoms with E-state index >= 15 is 0 Å². The molecule has 0 amide bonds. The number of nitrogens with one attached hydrogen (secondary N) is 1. The topological polar surface area (TPSA) is 83.5 Å². The molecule has 0 saturated heterocycles. The minimum Gasteiger partial charge on any atom is -0.478 e. The lowest BCUT2D eigenvalue weighted by atomic mass is 10.1. The van der Waals surface area contributed by atoms with Gasteiger partial charge in [0.15, 0.2) is 0 Å². The van der Waals surface area contributed by atoms with Gasteiger partial charge in [-0.1, -0.05) is 19.4 Å². The highest BCUT2D eigenvalue weighted by molar-refractivity contribution is 7.89. The van der Waals surface area contributed by atoms with Gasteiger partial charge in [-0.2, -0.15) is 0 Å². The van der Waals surface area contributed by atoms with Crippen molar-refractivity contribution in [3.05, 3.63) is 29.3 Å². The normalized spacial score (nSPS) is 11.4. The summed E-state index contributed by atoms with van der Waals surface area (Å²) in [5.41, 5.74) is 0.545. The van der Waals surface area contributed by atoms with Crippen LogP contribution in [0.4, 0.5) is 0 Å². The summed E-state index contributed by atoms with van der Waals surface area (Å²) in [6.07, 6.45) is 1.63. The van der Waals surface area contributed by atoms with Gasteiger partial charge < -0.3 is 5.11 Å². The number of carboxylic acids is 1. The van der Waals surface area contributed by atoms with Gasteiger partial charge in [-0.15, -0.1) is 0 Å². The van der Waals surface area contributed by atoms with Crippen molar-refractivity contribution in [2.24, 2.45) is 0 Å². The average Bonchev–Trinajstić information content (AvgIpc) is 2.29. The Kier molecular flexibility index (Phi) is 4.86. The Labute approximate surface area is 107 Å². The molecule has 0 bridgehead atoms. The van der Waals surface area contributed by atoms with Crippen molar-refractivity contribution in [1.82, 2.24) is 4.72 Å². The van der Waals surface area contributed by atoms with Gasteiger partial charge in [0.25, 0.3) is 0 Å². The fraction of sp³-hybridized carbons (Fsp3) is 0.417. The maximum atomic E-state index is 11.9. The summed E-state index contributed by atoms with van der Waals surface area (Å²) < 4.78 is 26.2. The second-order valence-electron chi connectivity index (χ2n) is 4.03. The number of aryl methyl sites for hydroxylation is 1. The number of carbonyl (C=O) groups is 1. The second-order valence-corrected chi connectivity index (χ2v) is 5.80. The molecule has 5 nitrogen and oxygen atoms in total. The molecular weight excluding hydrogens is 254 g/mol. The quantitative estimate of drug-likeness (QED) is 0.772. The Bertz CT molecular complexity index is 537. The van der Waals surface area contributed by atoms with Gasteiger partial charge in [-0.25, -0.2) is 17.9 Å². The summed E-state index contributed by atoms with van der Waals surface area (Å²) in [5, 5.41) is 8.95. The van der Waals surface area contributed by atoms with Gasteiger partial charge in [0.2, 0.25) is 10.0 Å². The monoisotopic (exact) mass is 271 g/mol. The Hall–Kier alpha value is -1.40. The lowest BCUT2D eigenvalue weighted by Crippen LogP contribution is -2.25. The zero-order valence-corrected chi connectivity index (χ0v) is 11.3. The molecule has 1 aromatic carbocycles. The minimum absolute atomic E-state index is 0.00775. The molecule has 100 valence electrons. The highest BCUT2D eigenvalue weighted by atomic mass is 32.2. The van der Waals surface area contributed by atoms with Crippen LogP contribution >= 0.6 is 0 Å². The molecule has 0 fully saturated rings. The van der Waals surface area contributed by atoms with Crippen molar-refractivity contribution in [3.63, 3.8) is 0 Å². The van der Waals surface area contributed by atoms with Crippen LogP contribution in [-0.2, 0) is 10.0 Å². The summed E-state index contributed by atoms with van der Waals surface area (Å²) in [4.78, 5) is 10.9. The third-order valence-corrected chi connectivity index (χ3v) is 4.03. The van der Waals surface area contributed by atoms with E-state index in [1.165, 1.54) is 18.2 Å². The predicted octanol–water partition coefficient (Wildman–Crippen LogP) is 1.77. The first-order chi connectivity index (χ1) is 8.38. The molecule has 0 unspecified atom stereocenters. The number of hydrogen-bond acceptors (Lipinski definition) is 3. The van der Waals surface area contributed by atoms with E-state index in [2.05, 4.69) is 4.72 Å². The molecule has 1 aromatic rings. The van der Waals surface area contributed by atoms with E-state index in [0.717, 1.165) is 12.8 Å². The molecule has 1 rings (SSSR count). The molecule has 2 N–H and O–H groups in total. The summed E-state index contributed by atoms with van der Waals surface area (Å²) in [5.74, 6) is -1.13. The molecule has 0 atom stereocenters. The van der Waals surface area contributed by atoms with Gasteiger partial charge in [-0.05, 0) is 31.0 Å². The van der Waals surface area contributed by atoms with Crippen molar-refractivity contribution in [2.45, 2.75) is 31.6 Å². The van der Waals surface area contributed by atoms with Crippen molar-refractivity contribution in [2.75, 3.05) is 6.54 Å². The van der Waals surface area contributed by atoms with Crippen LogP contribution in [0.2, 0.25) is 0 Å². The van der Waals surface area contributed by atoms with Crippen LogP contribution in [0.5, 0.6) is 0 Å². The zero-order chi connectivity index (χ0) is 13.8. The standard InChI is InChI=1S/C12H17NO4S/c1-3-4-7-13-18(16,17)10-6-5-9(2)11(8-10)12(14)15/h5-6,8,13H,3-4,7H2,1-2H3,(H,14,15). The summed E-state index contributed by atoms with van der Waals surface area (Å²) in [6.45, 7) is 3.95. The van der Waals surface area contributed by atoms with Crippen molar-refractivity contribution in [3.8, 4) is 0 Å². The molecule has 0 saturated carbocycles. The predicted molar refractivity (Wildman–Crippen MR) is 68.2 cm³/mol. The largest absolute Gasteiger partial charge is 0.478 e. The van der Waals surface area contributed by atoms with Crippen LogP contribution in [0, 0.1) is 6.92 Å². The van der Waals surface area contributed by atoms with E-state index in [0.29, 0.717) is 12.1 Å². The van der Waals surface area contributed by atoms with Gasteiger partial charge in [0.05, 0.1) is 10.5 Å². The van der Waals surface area contributed by atoms with E-state index in [9.17, 15) is 13.2 Å². The van der Waals surface area contributed by atoms with Crippen molar-refractivity contribution in [1.29, 1.82) is 0 Å². The van der Waals surface area contributed by atoms with Crippen LogP contribution in [0.3, 0.4) is 0 Å². The number of carboxylic acid groups (broad SMARTS) is 1. The van der Waals surface area contributed by atoms with Gasteiger partial charge >= 0.3 is 5.97 Å². The SMILES string of the molecule is CCCCNS(=O)(=O)c1ccc(C)c(C(=O)O)c1. The van der Waals surface area contributed by atoms with Crippen molar-refractivity contribution >= 4 is 16.0 Å². The maximum Gasteiger partial charge on any atom is 0.335 e. The molecule has 0 aliphatic heterocycles. The van der Waals surface area contributed by atoms with Crippen molar-refractivity contribution < 1.29 is 18.3 Å². The van der Waals surface area contributed by atoms with Crippen LogP contribution in [0.1, 0.15) is 35.7 Å². The van der Waals surface area contributed by atoms with Gasteiger partial charge in [-0.3, -0.25) is 0 Å².